The standard InChI is InChI=1S/C30H28F6N2O6/c31-29(32,33)43-24-9-3-5-20(15-24)28(38-27(41)37-22-7-1-2-8-22,21-6-4-10-25(16-21)44-30(34,35)36)17-19-11-13-23(14-12-19)42-18-26(39)40/h3-6,9-16,22H,1-2,7-8,17-18H2,(H,39,40)(H2,37,38,41). The molecule has 0 unspecified atom stereocenters. The minimum Gasteiger partial charge on any atom is -0.482 e. The highest BCUT2D eigenvalue weighted by Gasteiger charge is 2.40. The van der Waals surface area contributed by atoms with Gasteiger partial charge in [-0.05, 0) is 65.9 Å². The van der Waals surface area contributed by atoms with Crippen LogP contribution in [0.25, 0.3) is 0 Å². The highest BCUT2D eigenvalue weighted by Crippen LogP contribution is 2.38. The van der Waals surface area contributed by atoms with Crippen LogP contribution in [0.1, 0.15) is 42.4 Å². The van der Waals surface area contributed by atoms with E-state index in [1.807, 2.05) is 0 Å². The number of carbonyl (C=O) groups excluding carboxylic acids is 1. The van der Waals surface area contributed by atoms with Gasteiger partial charge in [0.05, 0.1) is 5.54 Å². The summed E-state index contributed by atoms with van der Waals surface area (Å²) in [7, 11) is 0. The van der Waals surface area contributed by atoms with Crippen molar-refractivity contribution in [2.75, 3.05) is 6.61 Å². The van der Waals surface area contributed by atoms with E-state index in [0.717, 1.165) is 37.1 Å². The summed E-state index contributed by atoms with van der Waals surface area (Å²) in [4.78, 5) is 24.3. The molecule has 236 valence electrons. The van der Waals surface area contributed by atoms with Crippen molar-refractivity contribution in [1.82, 2.24) is 10.6 Å². The molecule has 3 N–H and O–H groups in total. The Morgan fingerprint density at radius 1 is 0.773 bits per heavy atom. The van der Waals surface area contributed by atoms with Gasteiger partial charge in [-0.3, -0.25) is 0 Å². The van der Waals surface area contributed by atoms with Gasteiger partial charge in [0.15, 0.2) is 6.61 Å². The molecule has 0 radical (unpaired) electrons. The molecule has 14 heteroatoms. The number of carboxylic acid groups (broad SMARTS) is 1. The Morgan fingerprint density at radius 3 is 1.77 bits per heavy atom. The zero-order chi connectivity index (χ0) is 32.0. The first-order chi connectivity index (χ1) is 20.7. The maximum atomic E-state index is 13.5. The number of benzene rings is 3. The molecule has 1 saturated carbocycles. The van der Waals surface area contributed by atoms with Gasteiger partial charge in [0.2, 0.25) is 0 Å². The van der Waals surface area contributed by atoms with E-state index in [1.54, 1.807) is 0 Å². The number of hydrogen-bond donors (Lipinski definition) is 3. The molecule has 3 aromatic carbocycles. The number of alkyl halides is 6. The molecular formula is C30H28F6N2O6. The molecule has 0 aromatic heterocycles. The largest absolute Gasteiger partial charge is 0.573 e. The maximum Gasteiger partial charge on any atom is 0.573 e. The molecule has 3 aromatic rings. The number of urea groups is 1. The van der Waals surface area contributed by atoms with Crippen LogP contribution < -0.4 is 24.8 Å². The Morgan fingerprint density at radius 2 is 1.30 bits per heavy atom. The molecule has 0 aliphatic heterocycles. The molecule has 8 nitrogen and oxygen atoms in total. The van der Waals surface area contributed by atoms with Crippen molar-refractivity contribution in [2.24, 2.45) is 0 Å². The zero-order valence-electron chi connectivity index (χ0n) is 23.0. The second-order valence-corrected chi connectivity index (χ2v) is 10.1. The molecule has 0 spiro atoms. The van der Waals surface area contributed by atoms with E-state index in [4.69, 9.17) is 9.84 Å². The van der Waals surface area contributed by atoms with Crippen LogP contribution in [0.15, 0.2) is 72.8 Å². The molecular weight excluding hydrogens is 598 g/mol. The molecule has 44 heavy (non-hydrogen) atoms. The lowest BCUT2D eigenvalue weighted by Gasteiger charge is -2.37. The molecule has 0 heterocycles. The van der Waals surface area contributed by atoms with Crippen molar-refractivity contribution in [2.45, 2.75) is 56.4 Å². The van der Waals surface area contributed by atoms with Gasteiger partial charge >= 0.3 is 24.7 Å². The summed E-state index contributed by atoms with van der Waals surface area (Å²) >= 11 is 0. The first-order valence-electron chi connectivity index (χ1n) is 13.5. The highest BCUT2D eigenvalue weighted by atomic mass is 19.4. The van der Waals surface area contributed by atoms with Gasteiger partial charge in [-0.2, -0.15) is 0 Å². The third kappa shape index (κ3) is 9.19. The average Bonchev–Trinajstić information content (AvgIpc) is 3.43. The minimum atomic E-state index is -5.04. The van der Waals surface area contributed by atoms with E-state index in [2.05, 4.69) is 20.1 Å². The van der Waals surface area contributed by atoms with Crippen LogP contribution in [0.2, 0.25) is 0 Å². The summed E-state index contributed by atoms with van der Waals surface area (Å²) in [5.41, 5.74) is -1.16. The number of aliphatic carboxylic acids is 1. The quantitative estimate of drug-likeness (QED) is 0.205. The fourth-order valence-electron chi connectivity index (χ4n) is 5.12. The van der Waals surface area contributed by atoms with Crippen LogP contribution in [0.3, 0.4) is 0 Å². The maximum absolute atomic E-state index is 13.5. The predicted octanol–water partition coefficient (Wildman–Crippen LogP) is 6.68. The Hall–Kier alpha value is -4.62. The number of nitrogens with one attached hydrogen (secondary N) is 2. The van der Waals surface area contributed by atoms with Gasteiger partial charge in [0.1, 0.15) is 17.2 Å². The molecule has 0 bridgehead atoms. The van der Waals surface area contributed by atoms with Crippen LogP contribution in [0.4, 0.5) is 31.1 Å². The molecule has 1 aliphatic rings. The third-order valence-electron chi connectivity index (χ3n) is 6.89. The fraction of sp³-hybridized carbons (Fsp3) is 0.333. The first-order valence-corrected chi connectivity index (χ1v) is 13.5. The molecule has 1 fully saturated rings. The number of amides is 2. The number of ether oxygens (including phenoxy) is 3. The highest BCUT2D eigenvalue weighted by molar-refractivity contribution is 5.76. The molecule has 0 saturated heterocycles. The summed E-state index contributed by atoms with van der Waals surface area (Å²) in [5.74, 6) is -2.22. The van der Waals surface area contributed by atoms with Gasteiger partial charge in [0, 0.05) is 12.5 Å². The number of hydrogen-bond acceptors (Lipinski definition) is 5. The SMILES string of the molecule is O=C(O)COc1ccc(CC(NC(=O)NC2CCCC2)(c2cccc(OC(F)(F)F)c2)c2cccc(OC(F)(F)F)c2)cc1. The van der Waals surface area contributed by atoms with E-state index in [9.17, 15) is 35.9 Å². The smallest absolute Gasteiger partial charge is 0.482 e. The van der Waals surface area contributed by atoms with E-state index < -0.39 is 48.4 Å². The van der Waals surface area contributed by atoms with Gasteiger partial charge in [-0.1, -0.05) is 49.2 Å². The normalized spacial score (nSPS) is 14.1. The summed E-state index contributed by atoms with van der Waals surface area (Å²) in [6, 6.07) is 14.7. The topological polar surface area (TPSA) is 106 Å². The lowest BCUT2D eigenvalue weighted by molar-refractivity contribution is -0.275. The first kappa shape index (κ1) is 32.3. The van der Waals surface area contributed by atoms with Crippen molar-refractivity contribution in [1.29, 1.82) is 0 Å². The van der Waals surface area contributed by atoms with Crippen LogP contribution in [0.5, 0.6) is 17.2 Å². The van der Waals surface area contributed by atoms with Crippen LogP contribution >= 0.6 is 0 Å². The van der Waals surface area contributed by atoms with Gasteiger partial charge in [-0.15, -0.1) is 26.3 Å². The number of carbonyl (C=O) groups is 2. The fourth-order valence-corrected chi connectivity index (χ4v) is 5.12. The summed E-state index contributed by atoms with van der Waals surface area (Å²) in [6.45, 7) is -0.607. The number of carboxylic acids is 1. The van der Waals surface area contributed by atoms with Crippen LogP contribution in [-0.2, 0) is 16.8 Å². The van der Waals surface area contributed by atoms with E-state index in [-0.39, 0.29) is 29.3 Å². The Balaban J connectivity index is 1.84. The van der Waals surface area contributed by atoms with Crippen molar-refractivity contribution < 1.29 is 55.2 Å². The molecule has 0 atom stereocenters. The van der Waals surface area contributed by atoms with Crippen LogP contribution in [-0.4, -0.2) is 42.5 Å². The van der Waals surface area contributed by atoms with Crippen LogP contribution in [0, 0.1) is 0 Å². The second-order valence-electron chi connectivity index (χ2n) is 10.1. The van der Waals surface area contributed by atoms with Crippen molar-refractivity contribution >= 4 is 12.0 Å². The third-order valence-corrected chi connectivity index (χ3v) is 6.89. The van der Waals surface area contributed by atoms with Gasteiger partial charge < -0.3 is 30.0 Å². The second kappa shape index (κ2) is 13.3. The minimum absolute atomic E-state index is 0.0659. The lowest BCUT2D eigenvalue weighted by Crippen LogP contribution is -2.53. The van der Waals surface area contributed by atoms with Crippen molar-refractivity contribution in [3.63, 3.8) is 0 Å². The monoisotopic (exact) mass is 626 g/mol. The molecule has 2 amide bonds. The average molecular weight is 627 g/mol. The van der Waals surface area contributed by atoms with Crippen molar-refractivity contribution in [3.8, 4) is 17.2 Å². The predicted molar refractivity (Wildman–Crippen MR) is 144 cm³/mol. The van der Waals surface area contributed by atoms with Gasteiger partial charge in [-0.25, -0.2) is 9.59 Å². The number of halogens is 6. The summed E-state index contributed by atoms with van der Waals surface area (Å²) < 4.78 is 92.4. The summed E-state index contributed by atoms with van der Waals surface area (Å²) in [5, 5.41) is 14.6. The molecule has 4 rings (SSSR count). The van der Waals surface area contributed by atoms with Gasteiger partial charge in [0.25, 0.3) is 0 Å². The Bertz CT molecular complexity index is 1380. The molecule has 1 aliphatic carbocycles. The Labute approximate surface area is 247 Å². The van der Waals surface area contributed by atoms with E-state index in [0.29, 0.717) is 18.4 Å². The van der Waals surface area contributed by atoms with E-state index in [1.165, 1.54) is 48.5 Å². The Kier molecular flexibility index (Phi) is 9.80. The lowest BCUT2D eigenvalue weighted by atomic mass is 9.77. The number of rotatable bonds is 11. The summed E-state index contributed by atoms with van der Waals surface area (Å²) in [6.07, 6.45) is -7.05. The van der Waals surface area contributed by atoms with E-state index >= 15 is 0 Å². The van der Waals surface area contributed by atoms with Crippen molar-refractivity contribution in [3.05, 3.63) is 89.5 Å². The zero-order valence-corrected chi connectivity index (χ0v) is 23.0.